The third kappa shape index (κ3) is 2.69. The van der Waals surface area contributed by atoms with Crippen molar-refractivity contribution in [2.24, 2.45) is 0 Å². The van der Waals surface area contributed by atoms with Crippen molar-refractivity contribution in [1.82, 2.24) is 10.6 Å². The van der Waals surface area contributed by atoms with Crippen LogP contribution in [0.3, 0.4) is 0 Å². The molecule has 2 N–H and O–H groups in total. The van der Waals surface area contributed by atoms with Crippen molar-refractivity contribution in [2.45, 2.75) is 13.0 Å². The van der Waals surface area contributed by atoms with Gasteiger partial charge in [0.25, 0.3) is 0 Å². The predicted molar refractivity (Wildman–Crippen MR) is 73.2 cm³/mol. The molecule has 0 fully saturated rings. The molecule has 1 aromatic heterocycles. The van der Waals surface area contributed by atoms with Crippen molar-refractivity contribution in [3.8, 4) is 0 Å². The van der Waals surface area contributed by atoms with Crippen LogP contribution in [0.15, 0.2) is 30.9 Å². The Bertz CT molecular complexity index is 560. The Kier molecular flexibility index (Phi) is 4.00. The molecular formula is C11H10Br2N2O4. The number of furan rings is 1. The third-order valence-electron chi connectivity index (χ3n) is 2.62. The van der Waals surface area contributed by atoms with E-state index in [1.165, 1.54) is 7.11 Å². The minimum atomic E-state index is -0.691. The monoisotopic (exact) mass is 392 g/mol. The van der Waals surface area contributed by atoms with Gasteiger partial charge in [0.1, 0.15) is 11.8 Å². The molecule has 0 bridgehead atoms. The lowest BCUT2D eigenvalue weighted by Crippen LogP contribution is -2.45. The van der Waals surface area contributed by atoms with Gasteiger partial charge in [-0.3, -0.25) is 0 Å². The van der Waals surface area contributed by atoms with Gasteiger partial charge in [0.05, 0.1) is 17.2 Å². The lowest BCUT2D eigenvalue weighted by atomic mass is 10.0. The zero-order valence-electron chi connectivity index (χ0n) is 10.0. The number of urea groups is 1. The number of halogens is 2. The molecule has 0 saturated heterocycles. The standard InChI is InChI=1S/C11H10Br2N2O4/c1-4-7(10(16)18-2)8(15-11(17)14-4)6-3-5(12)9(13)19-6/h3,8H,1-2H3,(H2,14,15,17). The first kappa shape index (κ1) is 14.1. The molecule has 8 heteroatoms. The van der Waals surface area contributed by atoms with Gasteiger partial charge in [0.2, 0.25) is 0 Å². The fourth-order valence-corrected chi connectivity index (χ4v) is 2.40. The zero-order valence-corrected chi connectivity index (χ0v) is 13.2. The minimum Gasteiger partial charge on any atom is -0.466 e. The fourth-order valence-electron chi connectivity index (χ4n) is 1.79. The SMILES string of the molecule is COC(=O)C1=C(C)NC(=O)NC1c1cc(Br)c(Br)o1. The summed E-state index contributed by atoms with van der Waals surface area (Å²) < 4.78 is 11.4. The molecule has 2 rings (SSSR count). The van der Waals surface area contributed by atoms with Gasteiger partial charge in [-0.1, -0.05) is 0 Å². The van der Waals surface area contributed by atoms with Crippen LogP contribution in [-0.4, -0.2) is 19.1 Å². The maximum atomic E-state index is 11.8. The largest absolute Gasteiger partial charge is 0.466 e. The summed E-state index contributed by atoms with van der Waals surface area (Å²) in [6, 6.07) is 0.582. The molecule has 0 radical (unpaired) electrons. The first-order valence-electron chi connectivity index (χ1n) is 5.25. The smallest absolute Gasteiger partial charge is 0.338 e. The van der Waals surface area contributed by atoms with Crippen LogP contribution in [0.2, 0.25) is 0 Å². The van der Waals surface area contributed by atoms with Gasteiger partial charge in [0, 0.05) is 5.70 Å². The molecular weight excluding hydrogens is 384 g/mol. The summed E-state index contributed by atoms with van der Waals surface area (Å²) in [5, 5.41) is 5.15. The molecule has 2 amide bonds. The number of hydrogen-bond acceptors (Lipinski definition) is 4. The molecule has 0 aromatic carbocycles. The Labute approximate surface area is 125 Å². The average Bonchev–Trinajstić information content (AvgIpc) is 2.68. The van der Waals surface area contributed by atoms with Crippen LogP contribution in [0, 0.1) is 0 Å². The molecule has 1 atom stereocenters. The summed E-state index contributed by atoms with van der Waals surface area (Å²) in [6.07, 6.45) is 0. The number of methoxy groups -OCH3 is 1. The first-order chi connectivity index (χ1) is 8.93. The Morgan fingerprint density at radius 2 is 2.16 bits per heavy atom. The fraction of sp³-hybridized carbons (Fsp3) is 0.273. The number of rotatable bonds is 2. The highest BCUT2D eigenvalue weighted by Gasteiger charge is 2.34. The van der Waals surface area contributed by atoms with E-state index in [9.17, 15) is 9.59 Å². The number of ether oxygens (including phenoxy) is 1. The van der Waals surface area contributed by atoms with Crippen LogP contribution in [0.5, 0.6) is 0 Å². The number of esters is 1. The molecule has 6 nitrogen and oxygen atoms in total. The third-order valence-corrected chi connectivity index (χ3v) is 4.33. The molecule has 1 aliphatic heterocycles. The van der Waals surface area contributed by atoms with E-state index in [0.717, 1.165) is 0 Å². The van der Waals surface area contributed by atoms with Gasteiger partial charge >= 0.3 is 12.0 Å². The highest BCUT2D eigenvalue weighted by atomic mass is 79.9. The molecule has 0 aliphatic carbocycles. The summed E-state index contributed by atoms with van der Waals surface area (Å²) in [5.74, 6) is -0.105. The zero-order chi connectivity index (χ0) is 14.2. The molecule has 0 saturated carbocycles. The summed E-state index contributed by atoms with van der Waals surface area (Å²) in [4.78, 5) is 23.4. The molecule has 2 heterocycles. The van der Waals surface area contributed by atoms with Gasteiger partial charge in [0.15, 0.2) is 4.67 Å². The van der Waals surface area contributed by atoms with E-state index in [0.29, 0.717) is 26.2 Å². The maximum absolute atomic E-state index is 11.8. The number of carbonyl (C=O) groups excluding carboxylic acids is 2. The van der Waals surface area contributed by atoms with E-state index in [2.05, 4.69) is 42.5 Å². The highest BCUT2D eigenvalue weighted by Crippen LogP contribution is 2.34. The normalized spacial score (nSPS) is 18.9. The minimum absolute atomic E-state index is 0.302. The molecule has 102 valence electrons. The van der Waals surface area contributed by atoms with E-state index >= 15 is 0 Å². The van der Waals surface area contributed by atoms with Crippen LogP contribution in [0.1, 0.15) is 18.7 Å². The average molecular weight is 394 g/mol. The van der Waals surface area contributed by atoms with Gasteiger partial charge in [-0.05, 0) is 44.8 Å². The van der Waals surface area contributed by atoms with Crippen LogP contribution < -0.4 is 10.6 Å². The van der Waals surface area contributed by atoms with Crippen LogP contribution in [0.25, 0.3) is 0 Å². The van der Waals surface area contributed by atoms with Crippen LogP contribution in [-0.2, 0) is 9.53 Å². The lowest BCUT2D eigenvalue weighted by molar-refractivity contribution is -0.136. The second-order valence-electron chi connectivity index (χ2n) is 3.83. The van der Waals surface area contributed by atoms with Crippen molar-refractivity contribution in [3.05, 3.63) is 32.2 Å². The lowest BCUT2D eigenvalue weighted by Gasteiger charge is -2.25. The Hall–Kier alpha value is -1.28. The Balaban J connectivity index is 2.48. The number of allylic oxidation sites excluding steroid dienone is 1. The van der Waals surface area contributed by atoms with Gasteiger partial charge in [-0.25, -0.2) is 9.59 Å². The number of nitrogens with one attached hydrogen (secondary N) is 2. The van der Waals surface area contributed by atoms with E-state index < -0.39 is 18.0 Å². The summed E-state index contributed by atoms with van der Waals surface area (Å²) in [6.45, 7) is 1.63. The van der Waals surface area contributed by atoms with Gasteiger partial charge < -0.3 is 19.8 Å². The van der Waals surface area contributed by atoms with E-state index in [4.69, 9.17) is 9.15 Å². The number of carbonyl (C=O) groups is 2. The van der Waals surface area contributed by atoms with Gasteiger partial charge in [-0.15, -0.1) is 0 Å². The molecule has 0 spiro atoms. The maximum Gasteiger partial charge on any atom is 0.338 e. The van der Waals surface area contributed by atoms with Crippen molar-refractivity contribution in [3.63, 3.8) is 0 Å². The summed E-state index contributed by atoms with van der Waals surface area (Å²) >= 11 is 6.50. The number of hydrogen-bond donors (Lipinski definition) is 2. The van der Waals surface area contributed by atoms with E-state index in [1.54, 1.807) is 13.0 Å². The van der Waals surface area contributed by atoms with E-state index in [1.807, 2.05) is 0 Å². The van der Waals surface area contributed by atoms with Crippen molar-refractivity contribution >= 4 is 43.9 Å². The number of amides is 2. The van der Waals surface area contributed by atoms with Crippen LogP contribution in [0.4, 0.5) is 4.79 Å². The second kappa shape index (κ2) is 5.38. The second-order valence-corrected chi connectivity index (χ2v) is 5.41. The molecule has 19 heavy (non-hydrogen) atoms. The molecule has 1 unspecified atom stereocenters. The topological polar surface area (TPSA) is 80.6 Å². The van der Waals surface area contributed by atoms with Gasteiger partial charge in [-0.2, -0.15) is 0 Å². The van der Waals surface area contributed by atoms with Crippen LogP contribution >= 0.6 is 31.9 Å². The summed E-state index contributed by atoms with van der Waals surface area (Å²) in [5.41, 5.74) is 0.736. The van der Waals surface area contributed by atoms with Crippen molar-refractivity contribution < 1.29 is 18.7 Å². The predicted octanol–water partition coefficient (Wildman–Crippen LogP) is 2.61. The van der Waals surface area contributed by atoms with E-state index in [-0.39, 0.29) is 0 Å². The first-order valence-corrected chi connectivity index (χ1v) is 6.84. The quantitative estimate of drug-likeness (QED) is 0.757. The van der Waals surface area contributed by atoms with Crippen molar-refractivity contribution in [2.75, 3.05) is 7.11 Å². The molecule has 1 aromatic rings. The summed E-state index contributed by atoms with van der Waals surface area (Å²) in [7, 11) is 1.28. The van der Waals surface area contributed by atoms with Crippen molar-refractivity contribution in [1.29, 1.82) is 0 Å². The molecule has 1 aliphatic rings. The highest BCUT2D eigenvalue weighted by molar-refractivity contribution is 9.13. The Morgan fingerprint density at radius 1 is 1.47 bits per heavy atom. The Morgan fingerprint density at radius 3 is 2.68 bits per heavy atom.